The van der Waals surface area contributed by atoms with Crippen molar-refractivity contribution in [2.45, 2.75) is 23.9 Å². The van der Waals surface area contributed by atoms with Crippen LogP contribution in [-0.4, -0.2) is 11.7 Å². The second-order valence-electron chi connectivity index (χ2n) is 4.85. The summed E-state index contributed by atoms with van der Waals surface area (Å²) >= 11 is 1.68. The Morgan fingerprint density at radius 2 is 2.27 bits per heavy atom. The minimum absolute atomic E-state index is 0. The van der Waals surface area contributed by atoms with E-state index in [-0.39, 0.29) is 36.7 Å². The highest BCUT2D eigenvalue weighted by Crippen LogP contribution is 2.36. The molecule has 0 saturated heterocycles. The van der Waals surface area contributed by atoms with Gasteiger partial charge in [0.15, 0.2) is 0 Å². The van der Waals surface area contributed by atoms with E-state index >= 15 is 0 Å². The van der Waals surface area contributed by atoms with E-state index in [1.165, 1.54) is 18.4 Å². The molecular formula is C15H16ClFN2O2S. The van der Waals surface area contributed by atoms with Crippen LogP contribution < -0.4 is 11.1 Å². The fourth-order valence-corrected chi connectivity index (χ4v) is 3.47. The fraction of sp³-hybridized carbons (Fsp3) is 0.267. The molecule has 7 heteroatoms. The van der Waals surface area contributed by atoms with E-state index in [1.54, 1.807) is 23.9 Å². The maximum atomic E-state index is 13.4. The molecule has 0 radical (unpaired) electrons. The van der Waals surface area contributed by atoms with Gasteiger partial charge in [-0.15, -0.1) is 24.2 Å². The van der Waals surface area contributed by atoms with Crippen LogP contribution in [0.4, 0.5) is 4.39 Å². The first kappa shape index (κ1) is 16.9. The van der Waals surface area contributed by atoms with Gasteiger partial charge in [0, 0.05) is 10.6 Å². The molecule has 1 aliphatic heterocycles. The summed E-state index contributed by atoms with van der Waals surface area (Å²) in [6.45, 7) is 0.251. The Hall–Kier alpha value is -1.50. The number of hydrogen-bond donors (Lipinski definition) is 2. The number of furan rings is 1. The molecule has 0 bridgehead atoms. The van der Waals surface area contributed by atoms with E-state index in [9.17, 15) is 9.18 Å². The SMILES string of the molecule is Cl.NCc1cc(C(=O)NC2CCSc3ccc(F)cc32)co1. The zero-order valence-electron chi connectivity index (χ0n) is 11.7. The first-order chi connectivity index (χ1) is 10.2. The lowest BCUT2D eigenvalue weighted by molar-refractivity contribution is 0.0934. The molecule has 1 unspecified atom stereocenters. The first-order valence-electron chi connectivity index (χ1n) is 6.68. The molecule has 1 atom stereocenters. The van der Waals surface area contributed by atoms with Gasteiger partial charge in [0.1, 0.15) is 17.8 Å². The lowest BCUT2D eigenvalue weighted by atomic mass is 10.0. The third kappa shape index (κ3) is 3.45. The molecule has 3 N–H and O–H groups in total. The number of benzene rings is 1. The summed E-state index contributed by atoms with van der Waals surface area (Å²) in [4.78, 5) is 13.2. The molecule has 22 heavy (non-hydrogen) atoms. The molecular weight excluding hydrogens is 327 g/mol. The number of hydrogen-bond acceptors (Lipinski definition) is 4. The quantitative estimate of drug-likeness (QED) is 0.898. The fourth-order valence-electron chi connectivity index (χ4n) is 2.36. The van der Waals surface area contributed by atoms with Crippen LogP contribution in [0.15, 0.2) is 39.8 Å². The zero-order chi connectivity index (χ0) is 14.8. The summed E-state index contributed by atoms with van der Waals surface area (Å²) in [6, 6.07) is 6.14. The van der Waals surface area contributed by atoms with Gasteiger partial charge in [-0.1, -0.05) is 0 Å². The van der Waals surface area contributed by atoms with E-state index in [0.717, 1.165) is 22.6 Å². The number of amides is 1. The summed E-state index contributed by atoms with van der Waals surface area (Å²) in [5.74, 6) is 0.934. The number of carbonyl (C=O) groups is 1. The van der Waals surface area contributed by atoms with Crippen LogP contribution >= 0.6 is 24.2 Å². The van der Waals surface area contributed by atoms with Gasteiger partial charge in [0.05, 0.1) is 18.2 Å². The van der Waals surface area contributed by atoms with Gasteiger partial charge in [-0.3, -0.25) is 4.79 Å². The van der Waals surface area contributed by atoms with Crippen molar-refractivity contribution in [2.24, 2.45) is 5.73 Å². The molecule has 0 spiro atoms. The topological polar surface area (TPSA) is 68.3 Å². The first-order valence-corrected chi connectivity index (χ1v) is 7.66. The largest absolute Gasteiger partial charge is 0.467 e. The van der Waals surface area contributed by atoms with E-state index in [0.29, 0.717) is 11.3 Å². The van der Waals surface area contributed by atoms with Crippen molar-refractivity contribution in [3.63, 3.8) is 0 Å². The second-order valence-corrected chi connectivity index (χ2v) is 5.99. The van der Waals surface area contributed by atoms with Gasteiger partial charge in [-0.05, 0) is 36.2 Å². The van der Waals surface area contributed by atoms with E-state index in [1.807, 2.05) is 0 Å². The predicted molar refractivity (Wildman–Crippen MR) is 85.8 cm³/mol. The van der Waals surface area contributed by atoms with Gasteiger partial charge in [-0.2, -0.15) is 0 Å². The summed E-state index contributed by atoms with van der Waals surface area (Å²) in [5, 5.41) is 2.94. The van der Waals surface area contributed by atoms with Crippen molar-refractivity contribution in [1.29, 1.82) is 0 Å². The second kappa shape index (κ2) is 7.17. The maximum absolute atomic E-state index is 13.4. The van der Waals surface area contributed by atoms with Crippen LogP contribution in [0, 0.1) is 5.82 Å². The van der Waals surface area contributed by atoms with Crippen molar-refractivity contribution < 1.29 is 13.6 Å². The number of halogens is 2. The molecule has 0 saturated carbocycles. The Balaban J connectivity index is 0.00000176. The summed E-state index contributed by atoms with van der Waals surface area (Å²) < 4.78 is 18.6. The Bertz CT molecular complexity index is 677. The van der Waals surface area contributed by atoms with Crippen molar-refractivity contribution in [1.82, 2.24) is 5.32 Å². The van der Waals surface area contributed by atoms with Crippen molar-refractivity contribution in [2.75, 3.05) is 5.75 Å². The Labute approximate surface area is 138 Å². The van der Waals surface area contributed by atoms with Gasteiger partial charge < -0.3 is 15.5 Å². The van der Waals surface area contributed by atoms with Gasteiger partial charge in [0.25, 0.3) is 5.91 Å². The standard InChI is InChI=1S/C15H15FN2O2S.ClH/c16-10-1-2-14-12(6-10)13(3-4-21-14)18-15(19)9-5-11(7-17)20-8-9;/h1-2,5-6,8,13H,3-4,7,17H2,(H,18,19);1H. The van der Waals surface area contributed by atoms with Crippen LogP contribution in [0.5, 0.6) is 0 Å². The minimum Gasteiger partial charge on any atom is -0.467 e. The Morgan fingerprint density at radius 1 is 1.45 bits per heavy atom. The van der Waals surface area contributed by atoms with Gasteiger partial charge in [0.2, 0.25) is 0 Å². The number of nitrogens with one attached hydrogen (secondary N) is 1. The maximum Gasteiger partial charge on any atom is 0.255 e. The van der Waals surface area contributed by atoms with Crippen LogP contribution in [0.1, 0.15) is 34.1 Å². The minimum atomic E-state index is -0.288. The molecule has 2 heterocycles. The number of carbonyl (C=O) groups excluding carboxylic acids is 1. The third-order valence-corrected chi connectivity index (χ3v) is 4.56. The highest BCUT2D eigenvalue weighted by molar-refractivity contribution is 7.99. The molecule has 1 aromatic carbocycles. The Morgan fingerprint density at radius 3 is 3.00 bits per heavy atom. The summed E-state index contributed by atoms with van der Waals surface area (Å²) in [6.07, 6.45) is 2.16. The average Bonchev–Trinajstić information content (AvgIpc) is 2.97. The molecule has 1 aliphatic rings. The molecule has 3 rings (SSSR count). The lowest BCUT2D eigenvalue weighted by Gasteiger charge is -2.25. The molecule has 1 amide bonds. The van der Waals surface area contributed by atoms with E-state index in [4.69, 9.17) is 10.2 Å². The number of rotatable bonds is 3. The summed E-state index contributed by atoms with van der Waals surface area (Å²) in [7, 11) is 0. The molecule has 1 aromatic heterocycles. The number of fused-ring (bicyclic) bond motifs is 1. The molecule has 118 valence electrons. The zero-order valence-corrected chi connectivity index (χ0v) is 13.3. The number of nitrogens with two attached hydrogens (primary N) is 1. The highest BCUT2D eigenvalue weighted by atomic mass is 35.5. The summed E-state index contributed by atoms with van der Waals surface area (Å²) in [5.41, 5.74) is 6.73. The van der Waals surface area contributed by atoms with E-state index < -0.39 is 0 Å². The highest BCUT2D eigenvalue weighted by Gasteiger charge is 2.23. The van der Waals surface area contributed by atoms with Crippen LogP contribution in [0.2, 0.25) is 0 Å². The monoisotopic (exact) mass is 342 g/mol. The van der Waals surface area contributed by atoms with Crippen LogP contribution in [0.3, 0.4) is 0 Å². The van der Waals surface area contributed by atoms with Crippen molar-refractivity contribution in [3.8, 4) is 0 Å². The molecule has 4 nitrogen and oxygen atoms in total. The predicted octanol–water partition coefficient (Wildman–Crippen LogP) is 3.27. The van der Waals surface area contributed by atoms with Gasteiger partial charge in [-0.25, -0.2) is 4.39 Å². The smallest absolute Gasteiger partial charge is 0.255 e. The molecule has 0 aliphatic carbocycles. The van der Waals surface area contributed by atoms with Crippen LogP contribution in [0.25, 0.3) is 0 Å². The third-order valence-electron chi connectivity index (χ3n) is 3.43. The number of thioether (sulfide) groups is 1. The van der Waals surface area contributed by atoms with Crippen molar-refractivity contribution >= 4 is 30.1 Å². The molecule has 0 fully saturated rings. The molecule has 2 aromatic rings. The Kier molecular flexibility index (Phi) is 5.50. The van der Waals surface area contributed by atoms with E-state index in [2.05, 4.69) is 5.32 Å². The normalized spacial score (nSPS) is 16.5. The van der Waals surface area contributed by atoms with Crippen LogP contribution in [-0.2, 0) is 6.54 Å². The average molecular weight is 343 g/mol. The lowest BCUT2D eigenvalue weighted by Crippen LogP contribution is -2.30. The van der Waals surface area contributed by atoms with Gasteiger partial charge >= 0.3 is 0 Å². The van der Waals surface area contributed by atoms with Crippen molar-refractivity contribution in [3.05, 3.63) is 53.2 Å².